The van der Waals surface area contributed by atoms with Crippen molar-refractivity contribution in [1.82, 2.24) is 10.5 Å². The molecule has 0 saturated carbocycles. The molecule has 15 heteroatoms. The van der Waals surface area contributed by atoms with Crippen molar-refractivity contribution in [2.45, 2.75) is 111 Å². The second kappa shape index (κ2) is 30.0. The number of nitrogens with one attached hydrogen (secondary N) is 1. The third-order valence-electron chi connectivity index (χ3n) is 14.6. The van der Waals surface area contributed by atoms with Gasteiger partial charge in [-0.05, 0) is 172 Å². The molecule has 6 aromatic carbocycles. The molecule has 2 aliphatic carbocycles. The molecule has 0 fully saturated rings. The number of aliphatic hydroxyl groups is 1. The first-order valence-corrected chi connectivity index (χ1v) is 26.6. The van der Waals surface area contributed by atoms with Crippen molar-refractivity contribution in [2.75, 3.05) is 28.3 Å². The van der Waals surface area contributed by atoms with Crippen LogP contribution >= 0.6 is 24.0 Å². The molecular formula is C69H80Cl2N4O9. The van der Waals surface area contributed by atoms with Gasteiger partial charge in [0.1, 0.15) is 5.60 Å². The predicted octanol–water partition coefficient (Wildman–Crippen LogP) is 14.9. The Morgan fingerprint density at radius 2 is 0.929 bits per heavy atom. The highest BCUT2D eigenvalue weighted by Crippen LogP contribution is 2.46. The average Bonchev–Trinajstić information content (AvgIpc) is 1.24. The molecule has 2 aliphatic rings. The number of amides is 1. The molecular weight excluding hydrogens is 1100 g/mol. The zero-order valence-corrected chi connectivity index (χ0v) is 51.6. The largest absolute Gasteiger partial charge is 0.478 e. The molecule has 13 nitrogen and oxygen atoms in total. The number of halogens is 2. The molecule has 444 valence electrons. The summed E-state index contributed by atoms with van der Waals surface area (Å²) in [6.07, 6.45) is 9.09. The Morgan fingerprint density at radius 3 is 1.29 bits per heavy atom. The van der Waals surface area contributed by atoms with Crippen LogP contribution in [-0.4, -0.2) is 71.8 Å². The van der Waals surface area contributed by atoms with E-state index in [1.165, 1.54) is 66.2 Å². The van der Waals surface area contributed by atoms with E-state index in [0.29, 0.717) is 27.8 Å². The molecule has 0 aromatic heterocycles. The van der Waals surface area contributed by atoms with Crippen LogP contribution in [0.25, 0.3) is 5.57 Å². The minimum atomic E-state index is -1.21. The van der Waals surface area contributed by atoms with Crippen molar-refractivity contribution in [1.29, 1.82) is 10.5 Å². The van der Waals surface area contributed by atoms with E-state index in [1.807, 2.05) is 31.2 Å². The van der Waals surface area contributed by atoms with Crippen LogP contribution in [0.15, 0.2) is 152 Å². The highest BCUT2D eigenvalue weighted by atomic mass is 35.5. The molecule has 6 aromatic rings. The quantitative estimate of drug-likeness (QED) is 0.0573. The number of hydrogen-bond donors (Lipinski definition) is 4. The lowest BCUT2D eigenvalue weighted by atomic mass is 9.66. The van der Waals surface area contributed by atoms with Gasteiger partial charge in [0.05, 0.1) is 48.6 Å². The fourth-order valence-corrected chi connectivity index (χ4v) is 9.41. The van der Waals surface area contributed by atoms with Gasteiger partial charge in [0.25, 0.3) is 11.1 Å². The van der Waals surface area contributed by atoms with E-state index < -0.39 is 22.8 Å². The second-order valence-corrected chi connectivity index (χ2v) is 22.7. The molecule has 8 rings (SSSR count). The third-order valence-corrected chi connectivity index (χ3v) is 14.8. The Balaban J connectivity index is 0.000000391. The van der Waals surface area contributed by atoms with Gasteiger partial charge in [-0.25, -0.2) is 20.1 Å². The minimum absolute atomic E-state index is 0. The fraction of sp³-hybridized carbons (Fsp3) is 0.304. The van der Waals surface area contributed by atoms with E-state index in [2.05, 4.69) is 128 Å². The number of nitriles is 2. The topological polar surface area (TPSA) is 210 Å². The Bertz CT molecular complexity index is 3450. The SMILES string of the molecule is C.C=C(c1ccc(C(=O)O)cc1)c1cc2c(cc1C)C(C)(C)C=CC2(C)C.CNOC.CON(C)C(=O)c1ccc(C#N)cc1.Cc1cc2c(cc1C(C)(O)c1ccc(C(=O)O)cc1)C(C)(C)C=CC2(C)C.Cl.N#Cc1ccc(C(=O)Cl)cc1. The Hall–Kier alpha value is -7.98. The monoisotopic (exact) mass is 1180 g/mol. The Labute approximate surface area is 507 Å². The number of nitrogens with zero attached hydrogens (tertiary/aromatic N) is 3. The van der Waals surface area contributed by atoms with Crippen molar-refractivity contribution in [3.05, 3.63) is 241 Å². The molecule has 84 heavy (non-hydrogen) atoms. The van der Waals surface area contributed by atoms with Crippen LogP contribution in [0.4, 0.5) is 0 Å². The molecule has 0 aliphatic heterocycles. The van der Waals surface area contributed by atoms with E-state index >= 15 is 0 Å². The summed E-state index contributed by atoms with van der Waals surface area (Å²) in [6, 6.07) is 38.7. The van der Waals surface area contributed by atoms with Crippen molar-refractivity contribution >= 4 is 52.7 Å². The number of aryl methyl sites for hydroxylation is 2. The zero-order chi connectivity index (χ0) is 61.7. The maximum Gasteiger partial charge on any atom is 0.335 e. The molecule has 0 bridgehead atoms. The molecule has 0 heterocycles. The Kier molecular flexibility index (Phi) is 25.8. The molecule has 4 N–H and O–H groups in total. The van der Waals surface area contributed by atoms with E-state index in [1.54, 1.807) is 81.7 Å². The first kappa shape index (κ1) is 72.1. The molecule has 0 radical (unpaired) electrons. The number of carbonyl (C=O) groups is 4. The highest BCUT2D eigenvalue weighted by molar-refractivity contribution is 6.67. The number of carboxylic acid groups (broad SMARTS) is 2. The van der Waals surface area contributed by atoms with Gasteiger partial charge < -0.3 is 20.2 Å². The summed E-state index contributed by atoms with van der Waals surface area (Å²) in [7, 11) is 6.22. The predicted molar refractivity (Wildman–Crippen MR) is 338 cm³/mol. The minimum Gasteiger partial charge on any atom is -0.478 e. The van der Waals surface area contributed by atoms with Gasteiger partial charge in [0.2, 0.25) is 0 Å². The van der Waals surface area contributed by atoms with Gasteiger partial charge in [-0.15, -0.1) is 12.4 Å². The molecule has 0 spiro atoms. The van der Waals surface area contributed by atoms with Crippen LogP contribution in [0.5, 0.6) is 0 Å². The van der Waals surface area contributed by atoms with Gasteiger partial charge >= 0.3 is 11.9 Å². The van der Waals surface area contributed by atoms with E-state index in [-0.39, 0.29) is 58.5 Å². The first-order valence-electron chi connectivity index (χ1n) is 26.3. The molecule has 1 amide bonds. The summed E-state index contributed by atoms with van der Waals surface area (Å²) in [6.45, 7) is 28.0. The van der Waals surface area contributed by atoms with Crippen LogP contribution in [-0.2, 0) is 36.9 Å². The zero-order valence-electron chi connectivity index (χ0n) is 50.0. The normalized spacial score (nSPS) is 14.4. The van der Waals surface area contributed by atoms with Gasteiger partial charge in [-0.3, -0.25) is 14.4 Å². The standard InChI is InChI=1S/C24H28O3.C24H26O2.C10H10N2O2.C8H4ClNO.C2H7NO.CH4.ClH/c1-15-13-19-20(23(4,5)12-11-22(19,2)3)14-18(15)24(6,27)17-9-7-16(8-10-17)21(25)26;1-15-13-20-21(24(5,6)12-11-23(20,3)4)14-19(15)16(2)17-7-9-18(10-8-17)22(25)26;1-12(14-2)10(13)9-5-3-8(7-11)4-6-9;9-8(11)7-3-1-6(5-10)2-4-7;1-3-4-2;;/h7-14,27H,1-6H3,(H,25,26);7-14H,2H2,1,3-6H3,(H,25,26);3-6H,1-2H3;1-4H;3H,1-2H3;1H4;1H. The lowest BCUT2D eigenvalue weighted by Crippen LogP contribution is -2.31. The van der Waals surface area contributed by atoms with Crippen LogP contribution in [0, 0.1) is 36.5 Å². The van der Waals surface area contributed by atoms with Gasteiger partial charge in [0.15, 0.2) is 0 Å². The summed E-state index contributed by atoms with van der Waals surface area (Å²) in [4.78, 5) is 53.2. The summed E-state index contributed by atoms with van der Waals surface area (Å²) >= 11 is 5.18. The molecule has 1 atom stereocenters. The number of allylic oxidation sites excluding steroid dienone is 4. The first-order chi connectivity index (χ1) is 38.2. The number of aromatic carboxylic acids is 2. The Morgan fingerprint density at radius 1 is 0.595 bits per heavy atom. The maximum atomic E-state index is 11.5. The number of hydrogen-bond acceptors (Lipinski definition) is 10. The number of benzene rings is 6. The fourth-order valence-electron chi connectivity index (χ4n) is 9.28. The lowest BCUT2D eigenvalue weighted by Gasteiger charge is -2.39. The van der Waals surface area contributed by atoms with Crippen LogP contribution in [0.3, 0.4) is 0 Å². The summed E-state index contributed by atoms with van der Waals surface area (Å²) in [5, 5.41) is 47.2. The van der Waals surface area contributed by atoms with Crippen LogP contribution < -0.4 is 5.48 Å². The smallest absolute Gasteiger partial charge is 0.335 e. The van der Waals surface area contributed by atoms with E-state index in [9.17, 15) is 24.3 Å². The van der Waals surface area contributed by atoms with Gasteiger partial charge in [-0.1, -0.05) is 136 Å². The highest BCUT2D eigenvalue weighted by Gasteiger charge is 2.37. The van der Waals surface area contributed by atoms with E-state index in [4.69, 9.17) is 37.2 Å². The molecule has 1 unspecified atom stereocenters. The number of carbonyl (C=O) groups excluding carboxylic acids is 2. The second-order valence-electron chi connectivity index (χ2n) is 22.3. The van der Waals surface area contributed by atoms with Crippen molar-refractivity contribution in [2.24, 2.45) is 0 Å². The third kappa shape index (κ3) is 17.8. The maximum absolute atomic E-state index is 11.5. The van der Waals surface area contributed by atoms with E-state index in [0.717, 1.165) is 32.9 Å². The average molecular weight is 1180 g/mol. The lowest BCUT2D eigenvalue weighted by molar-refractivity contribution is -0.0757. The summed E-state index contributed by atoms with van der Waals surface area (Å²) < 4.78 is 0. The van der Waals surface area contributed by atoms with Crippen molar-refractivity contribution in [3.8, 4) is 12.1 Å². The summed E-state index contributed by atoms with van der Waals surface area (Å²) in [5.41, 5.74) is 15.4. The van der Waals surface area contributed by atoms with Crippen molar-refractivity contribution in [3.63, 3.8) is 0 Å². The number of hydroxylamine groups is 3. The van der Waals surface area contributed by atoms with Gasteiger partial charge in [0, 0.05) is 46.9 Å². The van der Waals surface area contributed by atoms with Gasteiger partial charge in [-0.2, -0.15) is 10.5 Å². The number of rotatable bonds is 10. The van der Waals surface area contributed by atoms with Crippen LogP contribution in [0.1, 0.15) is 178 Å². The number of fused-ring (bicyclic) bond motifs is 2. The number of carboxylic acids is 2. The van der Waals surface area contributed by atoms with Crippen molar-refractivity contribution < 1.29 is 44.2 Å². The summed E-state index contributed by atoms with van der Waals surface area (Å²) in [5.74, 6) is -2.12. The molecule has 0 saturated heterocycles. The van der Waals surface area contributed by atoms with Crippen LogP contribution in [0.2, 0.25) is 0 Å².